The van der Waals surface area contributed by atoms with Gasteiger partial charge in [-0.2, -0.15) is 0 Å². The number of halogens is 3. The SMILES string of the molecule is CCC(Cl)C[Si](Cl)Cl. The van der Waals surface area contributed by atoms with E-state index in [1.54, 1.807) is 0 Å². The molecule has 0 nitrogen and oxygen atoms in total. The Morgan fingerprint density at radius 2 is 2.00 bits per heavy atom. The molecule has 0 aromatic carbocycles. The van der Waals surface area contributed by atoms with Crippen LogP contribution in [0.2, 0.25) is 6.04 Å². The zero-order valence-electron chi connectivity index (χ0n) is 4.63. The van der Waals surface area contributed by atoms with Crippen molar-refractivity contribution >= 4 is 41.2 Å². The van der Waals surface area contributed by atoms with E-state index in [0.717, 1.165) is 12.5 Å². The third-order valence-electron chi connectivity index (χ3n) is 0.819. The number of alkyl halides is 1. The largest absolute Gasteiger partial charge is 0.275 e. The molecule has 0 heterocycles. The molecule has 0 aromatic heterocycles. The molecule has 4 heteroatoms. The van der Waals surface area contributed by atoms with Crippen molar-refractivity contribution in [3.8, 4) is 0 Å². The van der Waals surface area contributed by atoms with Crippen LogP contribution in [0.3, 0.4) is 0 Å². The van der Waals surface area contributed by atoms with Crippen molar-refractivity contribution in [3.05, 3.63) is 0 Å². The Hall–Kier alpha value is 1.09. The molecule has 1 radical (unpaired) electrons. The first-order valence-corrected chi connectivity index (χ1v) is 6.64. The topological polar surface area (TPSA) is 0 Å². The summed E-state index contributed by atoms with van der Waals surface area (Å²) in [6.45, 7) is 2.02. The van der Waals surface area contributed by atoms with Gasteiger partial charge in [-0.15, -0.1) is 33.8 Å². The number of hydrogen-bond donors (Lipinski definition) is 0. The minimum Gasteiger partial charge on any atom is -0.147 e. The highest BCUT2D eigenvalue weighted by Gasteiger charge is 2.09. The Morgan fingerprint density at radius 1 is 1.50 bits per heavy atom. The van der Waals surface area contributed by atoms with Crippen LogP contribution in [-0.4, -0.2) is 12.8 Å². The minimum absolute atomic E-state index is 0.180. The molecule has 0 aliphatic rings. The molecule has 0 N–H and O–H groups in total. The highest BCUT2D eigenvalue weighted by molar-refractivity contribution is 7.33. The van der Waals surface area contributed by atoms with Gasteiger partial charge >= 0.3 is 0 Å². The summed E-state index contributed by atoms with van der Waals surface area (Å²) in [6, 6.07) is 0.784. The number of rotatable bonds is 3. The van der Waals surface area contributed by atoms with E-state index in [9.17, 15) is 0 Å². The van der Waals surface area contributed by atoms with E-state index in [0.29, 0.717) is 0 Å². The Bertz CT molecular complexity index is 57.2. The molecule has 49 valence electrons. The molecule has 0 saturated carbocycles. The summed E-state index contributed by atoms with van der Waals surface area (Å²) in [5.41, 5.74) is 0. The van der Waals surface area contributed by atoms with E-state index < -0.39 is 7.42 Å². The number of hydrogen-bond acceptors (Lipinski definition) is 0. The van der Waals surface area contributed by atoms with E-state index in [-0.39, 0.29) is 5.38 Å². The second-order valence-electron chi connectivity index (χ2n) is 1.55. The van der Waals surface area contributed by atoms with Gasteiger partial charge in [0.25, 0.3) is 7.42 Å². The van der Waals surface area contributed by atoms with Crippen molar-refractivity contribution in [3.63, 3.8) is 0 Å². The molecule has 1 atom stereocenters. The van der Waals surface area contributed by atoms with Gasteiger partial charge < -0.3 is 0 Å². The standard InChI is InChI=1S/C4H8Cl3Si/c1-2-4(5)3-8(6)7/h4H,2-3H2,1H3. The fourth-order valence-corrected chi connectivity index (χ4v) is 2.99. The van der Waals surface area contributed by atoms with Crippen molar-refractivity contribution in [1.29, 1.82) is 0 Å². The van der Waals surface area contributed by atoms with E-state index in [1.807, 2.05) is 6.92 Å². The maximum absolute atomic E-state index is 5.72. The molecule has 8 heavy (non-hydrogen) atoms. The van der Waals surface area contributed by atoms with E-state index in [4.69, 9.17) is 33.8 Å². The summed E-state index contributed by atoms with van der Waals surface area (Å²) in [4.78, 5) is 0. The summed E-state index contributed by atoms with van der Waals surface area (Å²) in [7, 11) is -1.13. The predicted octanol–water partition coefficient (Wildman–Crippen LogP) is 2.97. The Labute approximate surface area is 66.1 Å². The molecule has 1 unspecified atom stereocenters. The van der Waals surface area contributed by atoms with Gasteiger partial charge in [0, 0.05) is 5.38 Å². The van der Waals surface area contributed by atoms with Crippen LogP contribution in [0.4, 0.5) is 0 Å². The predicted molar refractivity (Wildman–Crippen MR) is 42.2 cm³/mol. The molecule has 0 aliphatic heterocycles. The Kier molecular flexibility index (Phi) is 5.59. The summed E-state index contributed by atoms with van der Waals surface area (Å²) in [5.74, 6) is 0. The maximum Gasteiger partial charge on any atom is 0.275 e. The highest BCUT2D eigenvalue weighted by Crippen LogP contribution is 2.14. The fraction of sp³-hybridized carbons (Fsp3) is 1.00. The second kappa shape index (κ2) is 4.92. The highest BCUT2D eigenvalue weighted by atomic mass is 35.7. The van der Waals surface area contributed by atoms with Gasteiger partial charge in [0.2, 0.25) is 0 Å². The normalized spacial score (nSPS) is 14.6. The minimum atomic E-state index is -1.13. The Balaban J connectivity index is 3.10. The molecule has 0 amide bonds. The van der Waals surface area contributed by atoms with E-state index in [2.05, 4.69) is 0 Å². The molecule has 0 spiro atoms. The molecule has 0 aliphatic carbocycles. The first-order valence-electron chi connectivity index (χ1n) is 2.47. The quantitative estimate of drug-likeness (QED) is 0.365. The van der Waals surface area contributed by atoms with Crippen LogP contribution < -0.4 is 0 Å². The molecule has 0 aromatic rings. The maximum atomic E-state index is 5.72. The van der Waals surface area contributed by atoms with Crippen LogP contribution in [0.15, 0.2) is 0 Å². The first-order chi connectivity index (χ1) is 3.66. The van der Waals surface area contributed by atoms with Crippen LogP contribution in [-0.2, 0) is 0 Å². The lowest BCUT2D eigenvalue weighted by molar-refractivity contribution is 0.890. The molecule has 0 fully saturated rings. The summed E-state index contributed by atoms with van der Waals surface area (Å²) in [6.07, 6.45) is 0.954. The second-order valence-corrected chi connectivity index (χ2v) is 6.57. The van der Waals surface area contributed by atoms with Gasteiger partial charge in [-0.3, -0.25) is 0 Å². The van der Waals surface area contributed by atoms with Crippen LogP contribution in [0, 0.1) is 0 Å². The van der Waals surface area contributed by atoms with Crippen molar-refractivity contribution in [2.24, 2.45) is 0 Å². The van der Waals surface area contributed by atoms with Crippen molar-refractivity contribution < 1.29 is 0 Å². The van der Waals surface area contributed by atoms with Gasteiger partial charge in [0.05, 0.1) is 0 Å². The molecule has 0 saturated heterocycles. The fourth-order valence-electron chi connectivity index (χ4n) is 0.312. The van der Waals surface area contributed by atoms with Crippen LogP contribution in [0.25, 0.3) is 0 Å². The molecule has 0 rings (SSSR count). The van der Waals surface area contributed by atoms with Crippen LogP contribution >= 0.6 is 33.8 Å². The molecule has 0 bridgehead atoms. The molecular weight excluding hydrogens is 182 g/mol. The summed E-state index contributed by atoms with van der Waals surface area (Å²) >= 11 is 16.8. The molecular formula is C4H8Cl3Si. The van der Waals surface area contributed by atoms with E-state index in [1.165, 1.54) is 0 Å². The van der Waals surface area contributed by atoms with Gasteiger partial charge in [0.1, 0.15) is 0 Å². The van der Waals surface area contributed by atoms with Gasteiger partial charge in [0.15, 0.2) is 0 Å². The van der Waals surface area contributed by atoms with Gasteiger partial charge in [-0.25, -0.2) is 0 Å². The third-order valence-corrected chi connectivity index (χ3v) is 3.27. The average Bonchev–Trinajstić information content (AvgIpc) is 1.65. The monoisotopic (exact) mass is 189 g/mol. The van der Waals surface area contributed by atoms with Gasteiger partial charge in [-0.1, -0.05) is 6.92 Å². The third kappa shape index (κ3) is 5.23. The summed E-state index contributed by atoms with van der Waals surface area (Å²) in [5, 5.41) is 0.180. The van der Waals surface area contributed by atoms with Crippen molar-refractivity contribution in [2.75, 3.05) is 0 Å². The van der Waals surface area contributed by atoms with Crippen molar-refractivity contribution in [1.82, 2.24) is 0 Å². The first kappa shape index (κ1) is 9.09. The zero-order chi connectivity index (χ0) is 6.57. The van der Waals surface area contributed by atoms with Crippen LogP contribution in [0.1, 0.15) is 13.3 Å². The van der Waals surface area contributed by atoms with Gasteiger partial charge in [-0.05, 0) is 12.5 Å². The average molecular weight is 191 g/mol. The smallest absolute Gasteiger partial charge is 0.147 e. The van der Waals surface area contributed by atoms with Crippen LogP contribution in [0.5, 0.6) is 0 Å². The lowest BCUT2D eigenvalue weighted by Crippen LogP contribution is -2.03. The summed E-state index contributed by atoms with van der Waals surface area (Å²) < 4.78 is 0. The lowest BCUT2D eigenvalue weighted by Gasteiger charge is -2.02. The van der Waals surface area contributed by atoms with E-state index >= 15 is 0 Å². The zero-order valence-corrected chi connectivity index (χ0v) is 7.89. The lowest BCUT2D eigenvalue weighted by atomic mass is 10.4. The Morgan fingerprint density at radius 3 is 2.12 bits per heavy atom. The van der Waals surface area contributed by atoms with Crippen molar-refractivity contribution in [2.45, 2.75) is 24.8 Å².